The second-order valence-corrected chi connectivity index (χ2v) is 4.51. The Bertz CT molecular complexity index is 299. The van der Waals surface area contributed by atoms with Crippen LogP contribution in [0, 0.1) is 5.92 Å². The highest BCUT2D eigenvalue weighted by Crippen LogP contribution is 2.34. The average molecular weight is 219 g/mol. The monoisotopic (exact) mass is 219 g/mol. The van der Waals surface area contributed by atoms with Crippen molar-refractivity contribution in [3.63, 3.8) is 0 Å². The van der Waals surface area contributed by atoms with E-state index in [0.717, 1.165) is 30.9 Å². The van der Waals surface area contributed by atoms with Gasteiger partial charge in [0.1, 0.15) is 12.4 Å². The summed E-state index contributed by atoms with van der Waals surface area (Å²) in [5.41, 5.74) is 0. The minimum absolute atomic E-state index is 0.763. The van der Waals surface area contributed by atoms with Gasteiger partial charge in [-0.05, 0) is 30.9 Å². The number of nitrogens with one attached hydrogen (secondary N) is 1. The molecule has 0 heterocycles. The lowest BCUT2D eigenvalue weighted by Crippen LogP contribution is -2.24. The van der Waals surface area contributed by atoms with Gasteiger partial charge in [-0.1, -0.05) is 31.5 Å². The first kappa shape index (κ1) is 11.5. The van der Waals surface area contributed by atoms with Crippen LogP contribution in [0.15, 0.2) is 30.3 Å². The van der Waals surface area contributed by atoms with E-state index in [9.17, 15) is 0 Å². The SMILES string of the molecule is CCCC1CC1NCCOc1ccccc1. The van der Waals surface area contributed by atoms with Crippen molar-refractivity contribution in [2.75, 3.05) is 13.2 Å². The van der Waals surface area contributed by atoms with Gasteiger partial charge >= 0.3 is 0 Å². The first-order valence-corrected chi connectivity index (χ1v) is 6.31. The minimum Gasteiger partial charge on any atom is -0.492 e. The molecule has 2 atom stereocenters. The zero-order valence-corrected chi connectivity index (χ0v) is 9.99. The van der Waals surface area contributed by atoms with Crippen LogP contribution in [0.3, 0.4) is 0 Å². The molecular formula is C14H21NO. The molecule has 0 radical (unpaired) electrons. The van der Waals surface area contributed by atoms with Crippen molar-refractivity contribution in [3.8, 4) is 5.75 Å². The topological polar surface area (TPSA) is 21.3 Å². The van der Waals surface area contributed by atoms with Crippen LogP contribution in [0.1, 0.15) is 26.2 Å². The summed E-state index contributed by atoms with van der Waals surface area (Å²) in [5, 5.41) is 3.54. The number of ether oxygens (including phenoxy) is 1. The fourth-order valence-corrected chi connectivity index (χ4v) is 2.12. The van der Waals surface area contributed by atoms with Crippen molar-refractivity contribution in [1.82, 2.24) is 5.32 Å². The van der Waals surface area contributed by atoms with Crippen LogP contribution in [0.2, 0.25) is 0 Å². The predicted molar refractivity (Wildman–Crippen MR) is 66.7 cm³/mol. The zero-order chi connectivity index (χ0) is 11.2. The normalized spacial score (nSPS) is 23.1. The molecule has 16 heavy (non-hydrogen) atoms. The average Bonchev–Trinajstić information content (AvgIpc) is 3.05. The smallest absolute Gasteiger partial charge is 0.119 e. The van der Waals surface area contributed by atoms with Gasteiger partial charge in [-0.25, -0.2) is 0 Å². The second kappa shape index (κ2) is 5.90. The van der Waals surface area contributed by atoms with Crippen molar-refractivity contribution >= 4 is 0 Å². The highest BCUT2D eigenvalue weighted by atomic mass is 16.5. The van der Waals surface area contributed by atoms with Crippen LogP contribution in [-0.2, 0) is 0 Å². The third-order valence-corrected chi connectivity index (χ3v) is 3.10. The van der Waals surface area contributed by atoms with E-state index in [1.54, 1.807) is 0 Å². The Kier molecular flexibility index (Phi) is 4.23. The maximum atomic E-state index is 5.62. The summed E-state index contributed by atoms with van der Waals surface area (Å²) in [6.45, 7) is 3.98. The molecule has 2 unspecified atom stereocenters. The molecule has 2 nitrogen and oxygen atoms in total. The second-order valence-electron chi connectivity index (χ2n) is 4.51. The fraction of sp³-hybridized carbons (Fsp3) is 0.571. The molecule has 2 heteroatoms. The summed E-state index contributed by atoms with van der Waals surface area (Å²) in [7, 11) is 0. The van der Waals surface area contributed by atoms with Crippen LogP contribution in [-0.4, -0.2) is 19.2 Å². The Morgan fingerprint density at radius 2 is 2.12 bits per heavy atom. The molecule has 1 aliphatic rings. The van der Waals surface area contributed by atoms with Crippen LogP contribution in [0.4, 0.5) is 0 Å². The van der Waals surface area contributed by atoms with Crippen LogP contribution in [0.25, 0.3) is 0 Å². The first-order chi connectivity index (χ1) is 7.90. The number of rotatable bonds is 7. The Morgan fingerprint density at radius 3 is 2.88 bits per heavy atom. The fourth-order valence-electron chi connectivity index (χ4n) is 2.12. The van der Waals surface area contributed by atoms with E-state index in [1.165, 1.54) is 19.3 Å². The van der Waals surface area contributed by atoms with Gasteiger partial charge in [-0.15, -0.1) is 0 Å². The Morgan fingerprint density at radius 1 is 1.31 bits per heavy atom. The molecule has 0 aliphatic heterocycles. The number of hydrogen-bond acceptors (Lipinski definition) is 2. The van der Waals surface area contributed by atoms with Crippen molar-refractivity contribution in [2.45, 2.75) is 32.2 Å². The van der Waals surface area contributed by atoms with E-state index >= 15 is 0 Å². The van der Waals surface area contributed by atoms with Gasteiger partial charge in [-0.3, -0.25) is 0 Å². The molecular weight excluding hydrogens is 198 g/mol. The lowest BCUT2D eigenvalue weighted by molar-refractivity contribution is 0.312. The molecule has 1 N–H and O–H groups in total. The van der Waals surface area contributed by atoms with Gasteiger partial charge in [0, 0.05) is 12.6 Å². The predicted octanol–water partition coefficient (Wildman–Crippen LogP) is 2.84. The van der Waals surface area contributed by atoms with Crippen molar-refractivity contribution < 1.29 is 4.74 Å². The molecule has 0 amide bonds. The molecule has 0 aromatic heterocycles. The lowest BCUT2D eigenvalue weighted by Gasteiger charge is -2.06. The van der Waals surface area contributed by atoms with Gasteiger partial charge in [0.05, 0.1) is 0 Å². The summed E-state index contributed by atoms with van der Waals surface area (Å²) >= 11 is 0. The molecule has 2 rings (SSSR count). The summed E-state index contributed by atoms with van der Waals surface area (Å²) in [6, 6.07) is 10.8. The highest BCUT2D eigenvalue weighted by Gasteiger charge is 2.34. The highest BCUT2D eigenvalue weighted by molar-refractivity contribution is 5.20. The van der Waals surface area contributed by atoms with E-state index < -0.39 is 0 Å². The van der Waals surface area contributed by atoms with Crippen LogP contribution < -0.4 is 10.1 Å². The number of benzene rings is 1. The molecule has 1 aromatic rings. The molecule has 1 saturated carbocycles. The maximum Gasteiger partial charge on any atom is 0.119 e. The third-order valence-electron chi connectivity index (χ3n) is 3.10. The van der Waals surface area contributed by atoms with Gasteiger partial charge in [0.15, 0.2) is 0 Å². The molecule has 1 fully saturated rings. The largest absolute Gasteiger partial charge is 0.492 e. The maximum absolute atomic E-state index is 5.62. The van der Waals surface area contributed by atoms with Crippen LogP contribution in [0.5, 0.6) is 5.75 Å². The van der Waals surface area contributed by atoms with Crippen molar-refractivity contribution in [1.29, 1.82) is 0 Å². The molecule has 0 saturated heterocycles. The quantitative estimate of drug-likeness (QED) is 0.712. The molecule has 88 valence electrons. The Labute approximate surface area is 98.0 Å². The minimum atomic E-state index is 0.763. The first-order valence-electron chi connectivity index (χ1n) is 6.31. The van der Waals surface area contributed by atoms with E-state index in [2.05, 4.69) is 12.2 Å². The lowest BCUT2D eigenvalue weighted by atomic mass is 10.2. The van der Waals surface area contributed by atoms with Gasteiger partial charge in [0.25, 0.3) is 0 Å². The van der Waals surface area contributed by atoms with Crippen molar-refractivity contribution in [3.05, 3.63) is 30.3 Å². The van der Waals surface area contributed by atoms with E-state index in [0.29, 0.717) is 0 Å². The zero-order valence-electron chi connectivity index (χ0n) is 9.99. The third kappa shape index (κ3) is 3.53. The van der Waals surface area contributed by atoms with Crippen molar-refractivity contribution in [2.24, 2.45) is 5.92 Å². The molecule has 1 aliphatic carbocycles. The molecule has 0 spiro atoms. The summed E-state index contributed by atoms with van der Waals surface area (Å²) in [5.74, 6) is 1.90. The van der Waals surface area contributed by atoms with Gasteiger partial charge in [0.2, 0.25) is 0 Å². The Balaban J connectivity index is 1.53. The summed E-state index contributed by atoms with van der Waals surface area (Å²) < 4.78 is 5.62. The van der Waals surface area contributed by atoms with E-state index in [-0.39, 0.29) is 0 Å². The molecule has 0 bridgehead atoms. The number of para-hydroxylation sites is 1. The van der Waals surface area contributed by atoms with E-state index in [1.807, 2.05) is 30.3 Å². The van der Waals surface area contributed by atoms with Gasteiger partial charge < -0.3 is 10.1 Å². The molecule has 1 aromatic carbocycles. The van der Waals surface area contributed by atoms with E-state index in [4.69, 9.17) is 4.74 Å². The van der Waals surface area contributed by atoms with Gasteiger partial charge in [-0.2, -0.15) is 0 Å². The summed E-state index contributed by atoms with van der Waals surface area (Å²) in [6.07, 6.45) is 4.04. The van der Waals surface area contributed by atoms with Crippen LogP contribution >= 0.6 is 0 Å². The number of hydrogen-bond donors (Lipinski definition) is 1. The standard InChI is InChI=1S/C14H21NO/c1-2-6-12-11-14(12)15-9-10-16-13-7-4-3-5-8-13/h3-5,7-8,12,14-15H,2,6,9-11H2,1H3. The Hall–Kier alpha value is -1.02. The summed E-state index contributed by atoms with van der Waals surface area (Å²) in [4.78, 5) is 0.